The summed E-state index contributed by atoms with van der Waals surface area (Å²) in [4.78, 5) is 26.8. The summed E-state index contributed by atoms with van der Waals surface area (Å²) in [7, 11) is 1.66. The molecule has 34 heavy (non-hydrogen) atoms. The number of nitrogens with zero attached hydrogens (tertiary/aromatic N) is 1. The van der Waals surface area contributed by atoms with E-state index in [1.54, 1.807) is 13.2 Å². The van der Waals surface area contributed by atoms with Gasteiger partial charge in [0.2, 0.25) is 0 Å². The lowest BCUT2D eigenvalue weighted by atomic mass is 9.78. The molecule has 2 heterocycles. The zero-order chi connectivity index (χ0) is 24.5. The summed E-state index contributed by atoms with van der Waals surface area (Å²) in [6.45, 7) is 9.20. The van der Waals surface area contributed by atoms with E-state index >= 15 is 0 Å². The van der Waals surface area contributed by atoms with Crippen molar-refractivity contribution in [2.75, 3.05) is 20.3 Å². The van der Waals surface area contributed by atoms with Gasteiger partial charge >= 0.3 is 6.09 Å². The van der Waals surface area contributed by atoms with Gasteiger partial charge in [0.05, 0.1) is 13.7 Å². The molecule has 2 aromatic rings. The maximum atomic E-state index is 12.9. The Kier molecular flexibility index (Phi) is 6.73. The van der Waals surface area contributed by atoms with Crippen molar-refractivity contribution in [1.29, 1.82) is 0 Å². The summed E-state index contributed by atoms with van der Waals surface area (Å²) >= 11 is 0. The van der Waals surface area contributed by atoms with Gasteiger partial charge in [0.1, 0.15) is 17.1 Å². The van der Waals surface area contributed by atoms with Crippen molar-refractivity contribution in [2.45, 2.75) is 58.2 Å². The number of methoxy groups -OCH3 is 1. The van der Waals surface area contributed by atoms with Gasteiger partial charge in [0.25, 0.3) is 5.91 Å². The van der Waals surface area contributed by atoms with Crippen LogP contribution < -0.4 is 14.8 Å². The molecule has 0 radical (unpaired) electrons. The second kappa shape index (κ2) is 9.57. The molecule has 0 saturated carbocycles. The third kappa shape index (κ3) is 5.29. The van der Waals surface area contributed by atoms with Crippen LogP contribution in [0.1, 0.15) is 61.5 Å². The number of likely N-dealkylation sites (tertiary alicyclic amines) is 1. The Balaban J connectivity index is 1.55. The van der Waals surface area contributed by atoms with E-state index in [1.165, 1.54) is 5.56 Å². The molecule has 0 aliphatic carbocycles. The number of carbonyl (C=O) groups is 2. The summed E-state index contributed by atoms with van der Waals surface area (Å²) in [6.07, 6.45) is 0.499. The molecule has 2 aliphatic heterocycles. The van der Waals surface area contributed by atoms with E-state index in [0.29, 0.717) is 31.0 Å². The number of carbonyl (C=O) groups excluding carboxylic acids is 2. The second-order valence-corrected chi connectivity index (χ2v) is 10.2. The molecule has 182 valence electrons. The van der Waals surface area contributed by atoms with Crippen LogP contribution in [-0.4, -0.2) is 48.8 Å². The molecule has 2 aliphatic rings. The van der Waals surface area contributed by atoms with Crippen molar-refractivity contribution >= 4 is 12.0 Å². The molecule has 7 heteroatoms. The minimum absolute atomic E-state index is 0.0295. The Morgan fingerprint density at radius 3 is 2.50 bits per heavy atom. The molecule has 0 spiro atoms. The first kappa shape index (κ1) is 23.9. The summed E-state index contributed by atoms with van der Waals surface area (Å²) in [5.41, 5.74) is 2.28. The number of ether oxygens (including phenoxy) is 3. The largest absolute Gasteiger partial charge is 0.497 e. The first-order valence-electron chi connectivity index (χ1n) is 11.8. The highest BCUT2D eigenvalue weighted by atomic mass is 16.6. The van der Waals surface area contributed by atoms with E-state index in [1.807, 2.05) is 49.9 Å². The van der Waals surface area contributed by atoms with Gasteiger partial charge in [-0.15, -0.1) is 0 Å². The molecule has 1 N–H and O–H groups in total. The molecule has 1 saturated heterocycles. The van der Waals surface area contributed by atoms with Gasteiger partial charge in [-0.3, -0.25) is 4.79 Å². The van der Waals surface area contributed by atoms with E-state index < -0.39 is 5.60 Å². The van der Waals surface area contributed by atoms with Crippen molar-refractivity contribution in [3.05, 3.63) is 59.2 Å². The summed E-state index contributed by atoms with van der Waals surface area (Å²) in [5, 5.41) is 2.83. The van der Waals surface area contributed by atoms with Gasteiger partial charge in [-0.25, -0.2) is 4.79 Å². The average molecular weight is 467 g/mol. The van der Waals surface area contributed by atoms with Gasteiger partial charge in [0.15, 0.2) is 0 Å². The zero-order valence-corrected chi connectivity index (χ0v) is 20.6. The predicted molar refractivity (Wildman–Crippen MR) is 129 cm³/mol. The summed E-state index contributed by atoms with van der Waals surface area (Å²) < 4.78 is 17.2. The summed E-state index contributed by atoms with van der Waals surface area (Å²) in [5.74, 6) is 1.66. The van der Waals surface area contributed by atoms with Crippen molar-refractivity contribution in [3.63, 3.8) is 0 Å². The number of benzene rings is 2. The molecule has 2 amide bonds. The Morgan fingerprint density at radius 2 is 1.82 bits per heavy atom. The van der Waals surface area contributed by atoms with Crippen LogP contribution in [0.25, 0.3) is 0 Å². The van der Waals surface area contributed by atoms with Crippen LogP contribution in [0.2, 0.25) is 0 Å². The molecule has 3 atom stereocenters. The lowest BCUT2D eigenvalue weighted by Crippen LogP contribution is -2.51. The SMILES string of the molecule is COc1ccc(C2CC(C)N(C(=O)OC(C)(C)C)CC2COc2ccc3c(c2)C(=O)NC3)cc1. The second-order valence-electron chi connectivity index (χ2n) is 10.2. The average Bonchev–Trinajstić information content (AvgIpc) is 3.17. The Bertz CT molecular complexity index is 1040. The third-order valence-electron chi connectivity index (χ3n) is 6.53. The molecule has 0 aromatic heterocycles. The zero-order valence-electron chi connectivity index (χ0n) is 20.6. The Hall–Kier alpha value is -3.22. The molecule has 4 rings (SSSR count). The first-order valence-corrected chi connectivity index (χ1v) is 11.8. The molecule has 0 bridgehead atoms. The van der Waals surface area contributed by atoms with Crippen molar-refractivity contribution in [1.82, 2.24) is 10.2 Å². The molecular formula is C27H34N2O5. The fourth-order valence-electron chi connectivity index (χ4n) is 4.74. The standard InChI is InChI=1S/C27H34N2O5/c1-17-12-23(18-6-9-21(32-5)10-7-18)20(15-29(17)26(31)34-27(2,3)4)16-33-22-11-8-19-14-28-25(30)24(19)13-22/h6-11,13,17,20,23H,12,14-16H2,1-5H3,(H,28,30). The smallest absolute Gasteiger partial charge is 0.410 e. The van der Waals surface area contributed by atoms with Crippen molar-refractivity contribution in [2.24, 2.45) is 5.92 Å². The highest BCUT2D eigenvalue weighted by Crippen LogP contribution is 2.38. The highest BCUT2D eigenvalue weighted by molar-refractivity contribution is 5.98. The van der Waals surface area contributed by atoms with Crippen LogP contribution >= 0.6 is 0 Å². The van der Waals surface area contributed by atoms with Gasteiger partial charge in [-0.2, -0.15) is 0 Å². The Labute approximate surface area is 201 Å². The number of amides is 2. The normalized spacial score (nSPS) is 22.1. The Morgan fingerprint density at radius 1 is 1.12 bits per heavy atom. The molecular weight excluding hydrogens is 432 g/mol. The maximum Gasteiger partial charge on any atom is 0.410 e. The van der Waals surface area contributed by atoms with Crippen molar-refractivity contribution in [3.8, 4) is 11.5 Å². The number of fused-ring (bicyclic) bond motifs is 1. The fraction of sp³-hybridized carbons (Fsp3) is 0.481. The minimum Gasteiger partial charge on any atom is -0.497 e. The van der Waals surface area contributed by atoms with E-state index in [4.69, 9.17) is 14.2 Å². The maximum absolute atomic E-state index is 12.9. The number of rotatable bonds is 5. The number of nitrogens with one attached hydrogen (secondary N) is 1. The van der Waals surface area contributed by atoms with Gasteiger partial charge in [-0.1, -0.05) is 18.2 Å². The number of hydrogen-bond acceptors (Lipinski definition) is 5. The van der Waals surface area contributed by atoms with E-state index in [0.717, 1.165) is 17.7 Å². The van der Waals surface area contributed by atoms with E-state index in [9.17, 15) is 9.59 Å². The van der Waals surface area contributed by atoms with Crippen LogP contribution in [0.3, 0.4) is 0 Å². The van der Waals surface area contributed by atoms with Crippen LogP contribution in [0.15, 0.2) is 42.5 Å². The predicted octanol–water partition coefficient (Wildman–Crippen LogP) is 4.75. The molecule has 2 aromatic carbocycles. The fourth-order valence-corrected chi connectivity index (χ4v) is 4.74. The third-order valence-corrected chi connectivity index (χ3v) is 6.53. The molecule has 1 fully saturated rings. The minimum atomic E-state index is -0.555. The lowest BCUT2D eigenvalue weighted by Gasteiger charge is -2.43. The number of hydrogen-bond donors (Lipinski definition) is 1. The van der Waals surface area contributed by atoms with Crippen LogP contribution in [0, 0.1) is 5.92 Å². The van der Waals surface area contributed by atoms with Crippen LogP contribution in [0.4, 0.5) is 4.79 Å². The van der Waals surface area contributed by atoms with Gasteiger partial charge in [0, 0.05) is 30.6 Å². The molecule has 7 nitrogen and oxygen atoms in total. The first-order chi connectivity index (χ1) is 16.1. The van der Waals surface area contributed by atoms with E-state index in [-0.39, 0.29) is 29.9 Å². The van der Waals surface area contributed by atoms with E-state index in [2.05, 4.69) is 24.4 Å². The lowest BCUT2D eigenvalue weighted by molar-refractivity contribution is -0.00186. The van der Waals surface area contributed by atoms with Crippen LogP contribution in [-0.2, 0) is 11.3 Å². The van der Waals surface area contributed by atoms with Gasteiger partial charge < -0.3 is 24.4 Å². The summed E-state index contributed by atoms with van der Waals surface area (Å²) in [6, 6.07) is 13.8. The quantitative estimate of drug-likeness (QED) is 0.688. The molecule has 3 unspecified atom stereocenters. The van der Waals surface area contributed by atoms with Gasteiger partial charge in [-0.05, 0) is 75.4 Å². The number of piperidine rings is 1. The highest BCUT2D eigenvalue weighted by Gasteiger charge is 2.38. The topological polar surface area (TPSA) is 77.1 Å². The van der Waals surface area contributed by atoms with Crippen molar-refractivity contribution < 1.29 is 23.8 Å². The monoisotopic (exact) mass is 466 g/mol. The van der Waals surface area contributed by atoms with Crippen LogP contribution in [0.5, 0.6) is 11.5 Å².